The molecule has 4 rings (SSSR count). The summed E-state index contributed by atoms with van der Waals surface area (Å²) in [5, 5.41) is 13.5. The molecule has 22 heavy (non-hydrogen) atoms. The molecule has 0 N–H and O–H groups in total. The molecular formula is C16H14ClN3S2. The minimum Gasteiger partial charge on any atom is -0.339 e. The lowest BCUT2D eigenvalue weighted by Gasteiger charge is -2.22. The van der Waals surface area contributed by atoms with Gasteiger partial charge in [0.2, 0.25) is 5.13 Å². The molecule has 1 aromatic carbocycles. The van der Waals surface area contributed by atoms with Crippen LogP contribution in [-0.4, -0.2) is 16.7 Å². The summed E-state index contributed by atoms with van der Waals surface area (Å²) >= 11 is 9.70. The van der Waals surface area contributed by atoms with E-state index in [0.717, 1.165) is 27.3 Å². The van der Waals surface area contributed by atoms with E-state index in [-0.39, 0.29) is 0 Å². The molecule has 0 spiro atoms. The first-order chi connectivity index (χ1) is 10.8. The highest BCUT2D eigenvalue weighted by molar-refractivity contribution is 7.18. The molecule has 1 saturated heterocycles. The number of benzene rings is 1. The molecule has 112 valence electrons. The summed E-state index contributed by atoms with van der Waals surface area (Å²) in [6, 6.07) is 12.6. The predicted octanol–water partition coefficient (Wildman–Crippen LogP) is 5.26. The van der Waals surface area contributed by atoms with E-state index in [4.69, 9.17) is 11.6 Å². The third kappa shape index (κ3) is 2.53. The molecule has 1 unspecified atom stereocenters. The SMILES string of the molecule is Clc1ccccc1-c1nnc(N2CCCC2c2cccs2)s1. The minimum absolute atomic E-state index is 0.437. The van der Waals surface area contributed by atoms with Crippen molar-refractivity contribution in [2.45, 2.75) is 18.9 Å². The number of anilines is 1. The van der Waals surface area contributed by atoms with Gasteiger partial charge >= 0.3 is 0 Å². The number of nitrogens with zero attached hydrogens (tertiary/aromatic N) is 3. The lowest BCUT2D eigenvalue weighted by molar-refractivity contribution is 0.727. The highest BCUT2D eigenvalue weighted by atomic mass is 35.5. The van der Waals surface area contributed by atoms with Crippen LogP contribution in [0.2, 0.25) is 5.02 Å². The smallest absolute Gasteiger partial charge is 0.209 e. The van der Waals surface area contributed by atoms with Crippen LogP contribution in [0.5, 0.6) is 0 Å². The second-order valence-corrected chi connectivity index (χ2v) is 7.58. The van der Waals surface area contributed by atoms with Crippen LogP contribution < -0.4 is 4.90 Å². The number of hydrogen-bond acceptors (Lipinski definition) is 5. The Bertz CT molecular complexity index is 769. The molecule has 1 aliphatic rings. The van der Waals surface area contributed by atoms with E-state index in [1.54, 1.807) is 11.3 Å². The molecule has 0 saturated carbocycles. The highest BCUT2D eigenvalue weighted by Crippen LogP contribution is 2.41. The largest absolute Gasteiger partial charge is 0.339 e. The van der Waals surface area contributed by atoms with Crippen molar-refractivity contribution in [2.75, 3.05) is 11.4 Å². The fourth-order valence-corrected chi connectivity index (χ4v) is 4.96. The molecule has 2 aromatic heterocycles. The van der Waals surface area contributed by atoms with Gasteiger partial charge in [0.15, 0.2) is 5.01 Å². The molecule has 1 atom stereocenters. The van der Waals surface area contributed by atoms with Gasteiger partial charge in [-0.15, -0.1) is 21.5 Å². The van der Waals surface area contributed by atoms with Gasteiger partial charge in [-0.2, -0.15) is 0 Å². The average Bonchev–Trinajstić information content (AvgIpc) is 3.27. The molecular weight excluding hydrogens is 334 g/mol. The average molecular weight is 348 g/mol. The maximum absolute atomic E-state index is 6.26. The van der Waals surface area contributed by atoms with E-state index >= 15 is 0 Å². The Hall–Kier alpha value is -1.43. The fourth-order valence-electron chi connectivity index (χ4n) is 2.85. The molecule has 3 nitrogen and oxygen atoms in total. The molecule has 6 heteroatoms. The first kappa shape index (κ1) is 14.2. The number of halogens is 1. The minimum atomic E-state index is 0.437. The normalized spacial score (nSPS) is 18.0. The summed E-state index contributed by atoms with van der Waals surface area (Å²) < 4.78 is 0. The Morgan fingerprint density at radius 1 is 1.14 bits per heavy atom. The van der Waals surface area contributed by atoms with Gasteiger partial charge in [-0.05, 0) is 30.4 Å². The van der Waals surface area contributed by atoms with Crippen molar-refractivity contribution in [3.63, 3.8) is 0 Å². The van der Waals surface area contributed by atoms with Crippen molar-refractivity contribution in [1.82, 2.24) is 10.2 Å². The maximum Gasteiger partial charge on any atom is 0.209 e. The number of thiophene rings is 1. The van der Waals surface area contributed by atoms with Crippen molar-refractivity contribution in [1.29, 1.82) is 0 Å². The first-order valence-corrected chi connectivity index (χ1v) is 9.29. The summed E-state index contributed by atoms with van der Waals surface area (Å²) in [6.07, 6.45) is 2.38. The molecule has 1 fully saturated rings. The van der Waals surface area contributed by atoms with Gasteiger partial charge in [0.1, 0.15) is 0 Å². The highest BCUT2D eigenvalue weighted by Gasteiger charge is 2.29. The van der Waals surface area contributed by atoms with Crippen LogP contribution in [0.15, 0.2) is 41.8 Å². The third-order valence-electron chi connectivity index (χ3n) is 3.89. The zero-order valence-corrected chi connectivity index (χ0v) is 14.2. The summed E-state index contributed by atoms with van der Waals surface area (Å²) in [6.45, 7) is 1.04. The topological polar surface area (TPSA) is 29.0 Å². The lowest BCUT2D eigenvalue weighted by Crippen LogP contribution is -2.21. The van der Waals surface area contributed by atoms with E-state index in [2.05, 4.69) is 32.6 Å². The molecule has 0 amide bonds. The molecule has 0 aliphatic carbocycles. The number of aromatic nitrogens is 2. The molecule has 3 aromatic rings. The van der Waals surface area contributed by atoms with Crippen LogP contribution in [0.25, 0.3) is 10.6 Å². The van der Waals surface area contributed by atoms with Crippen molar-refractivity contribution in [2.24, 2.45) is 0 Å². The van der Waals surface area contributed by atoms with Crippen LogP contribution in [0.4, 0.5) is 5.13 Å². The van der Waals surface area contributed by atoms with Gasteiger partial charge in [-0.25, -0.2) is 0 Å². The maximum atomic E-state index is 6.26. The van der Waals surface area contributed by atoms with Gasteiger partial charge in [-0.3, -0.25) is 0 Å². The zero-order valence-electron chi connectivity index (χ0n) is 11.8. The van der Waals surface area contributed by atoms with Crippen LogP contribution in [0.1, 0.15) is 23.8 Å². The van der Waals surface area contributed by atoms with Gasteiger partial charge in [0.25, 0.3) is 0 Å². The Morgan fingerprint density at radius 2 is 2.05 bits per heavy atom. The quantitative estimate of drug-likeness (QED) is 0.647. The van der Waals surface area contributed by atoms with Crippen molar-refractivity contribution in [3.8, 4) is 10.6 Å². The summed E-state index contributed by atoms with van der Waals surface area (Å²) in [5.74, 6) is 0. The van der Waals surface area contributed by atoms with Gasteiger partial charge in [0.05, 0.1) is 11.1 Å². The summed E-state index contributed by atoms with van der Waals surface area (Å²) in [7, 11) is 0. The second-order valence-electron chi connectivity index (χ2n) is 5.24. The monoisotopic (exact) mass is 347 g/mol. The van der Waals surface area contributed by atoms with Crippen LogP contribution in [-0.2, 0) is 0 Å². The number of hydrogen-bond donors (Lipinski definition) is 0. The van der Waals surface area contributed by atoms with E-state index in [1.807, 2.05) is 35.6 Å². The van der Waals surface area contributed by atoms with Gasteiger partial charge in [-0.1, -0.05) is 47.2 Å². The van der Waals surface area contributed by atoms with Crippen LogP contribution in [0.3, 0.4) is 0 Å². The van der Waals surface area contributed by atoms with Crippen molar-refractivity contribution >= 4 is 39.4 Å². The van der Waals surface area contributed by atoms with Gasteiger partial charge in [0, 0.05) is 17.0 Å². The number of rotatable bonds is 3. The van der Waals surface area contributed by atoms with Crippen molar-refractivity contribution in [3.05, 3.63) is 51.7 Å². The van der Waals surface area contributed by atoms with E-state index in [0.29, 0.717) is 6.04 Å². The zero-order chi connectivity index (χ0) is 14.9. The van der Waals surface area contributed by atoms with E-state index in [1.165, 1.54) is 17.7 Å². The van der Waals surface area contributed by atoms with E-state index < -0.39 is 0 Å². The second kappa shape index (κ2) is 5.99. The van der Waals surface area contributed by atoms with E-state index in [9.17, 15) is 0 Å². The molecule has 1 aliphatic heterocycles. The molecule has 0 radical (unpaired) electrons. The lowest BCUT2D eigenvalue weighted by atomic mass is 10.2. The standard InChI is InChI=1S/C16H14ClN3S2/c17-12-6-2-1-5-11(12)15-18-19-16(22-15)20-9-3-7-13(20)14-8-4-10-21-14/h1-2,4-6,8,10,13H,3,7,9H2. The first-order valence-electron chi connectivity index (χ1n) is 7.21. The molecule has 0 bridgehead atoms. The Kier molecular flexibility index (Phi) is 3.86. The Morgan fingerprint density at radius 3 is 2.86 bits per heavy atom. The summed E-state index contributed by atoms with van der Waals surface area (Å²) in [4.78, 5) is 3.79. The Balaban J connectivity index is 1.65. The van der Waals surface area contributed by atoms with Crippen LogP contribution in [0, 0.1) is 0 Å². The molecule has 3 heterocycles. The summed E-state index contributed by atoms with van der Waals surface area (Å²) in [5.41, 5.74) is 0.958. The predicted molar refractivity (Wildman–Crippen MR) is 94.0 cm³/mol. The van der Waals surface area contributed by atoms with Gasteiger partial charge < -0.3 is 4.90 Å². The van der Waals surface area contributed by atoms with Crippen LogP contribution >= 0.6 is 34.3 Å². The Labute approximate surface area is 142 Å². The third-order valence-corrected chi connectivity index (χ3v) is 6.19. The van der Waals surface area contributed by atoms with Crippen molar-refractivity contribution < 1.29 is 0 Å². The fraction of sp³-hybridized carbons (Fsp3) is 0.250.